The third-order valence-electron chi connectivity index (χ3n) is 7.58. The van der Waals surface area contributed by atoms with Gasteiger partial charge in [-0.2, -0.15) is 4.31 Å². The first-order chi connectivity index (χ1) is 19.2. The van der Waals surface area contributed by atoms with Crippen molar-refractivity contribution in [3.05, 3.63) is 65.7 Å². The molecule has 2 unspecified atom stereocenters. The van der Waals surface area contributed by atoms with Crippen LogP contribution >= 0.6 is 0 Å². The number of hydrogen-bond acceptors (Lipinski definition) is 7. The van der Waals surface area contributed by atoms with E-state index in [1.165, 1.54) is 4.31 Å². The van der Waals surface area contributed by atoms with Crippen LogP contribution in [-0.4, -0.2) is 75.1 Å². The summed E-state index contributed by atoms with van der Waals surface area (Å²) in [5, 5.41) is 14.2. The fourth-order valence-corrected chi connectivity index (χ4v) is 7.21. The molecule has 40 heavy (non-hydrogen) atoms. The van der Waals surface area contributed by atoms with Gasteiger partial charge in [0.05, 0.1) is 29.8 Å². The maximum Gasteiger partial charge on any atom is 0.407 e. The number of benzene rings is 2. The normalized spacial score (nSPS) is 22.3. The highest BCUT2D eigenvalue weighted by Gasteiger charge is 2.40. The van der Waals surface area contributed by atoms with E-state index in [-0.39, 0.29) is 36.1 Å². The van der Waals surface area contributed by atoms with E-state index in [1.807, 2.05) is 44.2 Å². The van der Waals surface area contributed by atoms with Gasteiger partial charge in [-0.25, -0.2) is 13.2 Å². The molecule has 1 heterocycles. The summed E-state index contributed by atoms with van der Waals surface area (Å²) in [6.45, 7) is 5.02. The molecule has 1 aliphatic heterocycles. The van der Waals surface area contributed by atoms with Gasteiger partial charge in [-0.3, -0.25) is 0 Å². The van der Waals surface area contributed by atoms with E-state index < -0.39 is 28.3 Å². The summed E-state index contributed by atoms with van der Waals surface area (Å²) in [6.07, 6.45) is 0.859. The molecule has 0 radical (unpaired) electrons. The molecular weight excluding hydrogens is 532 g/mol. The number of carbonyl (C=O) groups is 1. The molecule has 2 aromatic carbocycles. The molecule has 2 fully saturated rings. The van der Waals surface area contributed by atoms with E-state index in [4.69, 9.17) is 14.2 Å². The Hall–Kier alpha value is -2.50. The third kappa shape index (κ3) is 8.04. The number of aliphatic hydroxyl groups excluding tert-OH is 1. The van der Waals surface area contributed by atoms with Crippen molar-refractivity contribution in [3.63, 3.8) is 0 Å². The predicted octanol–water partition coefficient (Wildman–Crippen LogP) is 3.75. The summed E-state index contributed by atoms with van der Waals surface area (Å²) in [5.41, 5.74) is 1.77. The number of methoxy groups -OCH3 is 1. The molecule has 1 saturated carbocycles. The number of sulfonamides is 1. The van der Waals surface area contributed by atoms with Gasteiger partial charge in [0, 0.05) is 33.2 Å². The van der Waals surface area contributed by atoms with Crippen molar-refractivity contribution in [1.29, 1.82) is 0 Å². The average molecular weight is 575 g/mol. The van der Waals surface area contributed by atoms with Crippen molar-refractivity contribution in [3.8, 4) is 0 Å². The Morgan fingerprint density at radius 2 is 1.80 bits per heavy atom. The lowest BCUT2D eigenvalue weighted by atomic mass is 10.0. The Morgan fingerprint density at radius 3 is 2.45 bits per heavy atom. The molecule has 2 aromatic rings. The first-order valence-electron chi connectivity index (χ1n) is 14.0. The van der Waals surface area contributed by atoms with E-state index in [9.17, 15) is 18.3 Å². The monoisotopic (exact) mass is 574 g/mol. The minimum Gasteiger partial charge on any atom is -0.446 e. The van der Waals surface area contributed by atoms with Crippen LogP contribution in [0, 0.1) is 11.8 Å². The summed E-state index contributed by atoms with van der Waals surface area (Å²) < 4.78 is 45.2. The summed E-state index contributed by atoms with van der Waals surface area (Å²) >= 11 is 0. The van der Waals surface area contributed by atoms with Crippen molar-refractivity contribution in [1.82, 2.24) is 9.62 Å². The number of alkyl carbamates (subject to hydrolysis) is 1. The summed E-state index contributed by atoms with van der Waals surface area (Å²) in [6, 6.07) is 15.3. The second-order valence-corrected chi connectivity index (χ2v) is 13.2. The Bertz CT molecular complexity index is 1180. The van der Waals surface area contributed by atoms with Gasteiger partial charge >= 0.3 is 6.09 Å². The smallest absolute Gasteiger partial charge is 0.407 e. The van der Waals surface area contributed by atoms with Gasteiger partial charge in [-0.05, 0) is 54.4 Å². The molecule has 5 atom stereocenters. The number of ether oxygens (including phenoxy) is 3. The largest absolute Gasteiger partial charge is 0.446 e. The van der Waals surface area contributed by atoms with Crippen molar-refractivity contribution in [2.24, 2.45) is 11.8 Å². The van der Waals surface area contributed by atoms with Gasteiger partial charge in [0.1, 0.15) is 6.10 Å². The highest BCUT2D eigenvalue weighted by atomic mass is 32.2. The Kier molecular flexibility index (Phi) is 10.6. The second-order valence-electron chi connectivity index (χ2n) is 11.3. The lowest BCUT2D eigenvalue weighted by Crippen LogP contribution is -2.51. The van der Waals surface area contributed by atoms with Crippen LogP contribution in [-0.2, 0) is 37.3 Å². The van der Waals surface area contributed by atoms with Crippen LogP contribution in [0.4, 0.5) is 4.79 Å². The zero-order valence-corrected chi connectivity index (χ0v) is 24.4. The predicted molar refractivity (Wildman–Crippen MR) is 151 cm³/mol. The molecule has 0 spiro atoms. The van der Waals surface area contributed by atoms with E-state index in [2.05, 4.69) is 5.32 Å². The van der Waals surface area contributed by atoms with E-state index >= 15 is 0 Å². The topological polar surface area (TPSA) is 114 Å². The first-order valence-corrected chi connectivity index (χ1v) is 15.5. The van der Waals surface area contributed by atoms with Gasteiger partial charge in [0.2, 0.25) is 10.0 Å². The van der Waals surface area contributed by atoms with Crippen molar-refractivity contribution >= 4 is 16.1 Å². The Morgan fingerprint density at radius 1 is 1.07 bits per heavy atom. The summed E-state index contributed by atoms with van der Waals surface area (Å²) in [4.78, 5) is 13.1. The highest BCUT2D eigenvalue weighted by molar-refractivity contribution is 7.89. The molecule has 0 bridgehead atoms. The number of carbonyl (C=O) groups excluding carboxylic acids is 1. The van der Waals surface area contributed by atoms with Gasteiger partial charge < -0.3 is 24.6 Å². The molecule has 9 nitrogen and oxygen atoms in total. The zero-order valence-electron chi connectivity index (χ0n) is 23.6. The zero-order chi connectivity index (χ0) is 28.7. The number of nitrogens with one attached hydrogen (secondary N) is 1. The third-order valence-corrected chi connectivity index (χ3v) is 9.42. The molecule has 10 heteroatoms. The van der Waals surface area contributed by atoms with Gasteiger partial charge in [0.15, 0.2) is 0 Å². The lowest BCUT2D eigenvalue weighted by molar-refractivity contribution is 0.0554. The maximum atomic E-state index is 13.7. The molecule has 2 aliphatic rings. The first kappa shape index (κ1) is 30.5. The fourth-order valence-electron chi connectivity index (χ4n) is 5.59. The van der Waals surface area contributed by atoms with Crippen molar-refractivity contribution in [2.75, 3.05) is 26.8 Å². The van der Waals surface area contributed by atoms with Crippen LogP contribution in [0.2, 0.25) is 0 Å². The van der Waals surface area contributed by atoms with Gasteiger partial charge in [-0.1, -0.05) is 56.3 Å². The van der Waals surface area contributed by atoms with Crippen LogP contribution in [0.15, 0.2) is 59.5 Å². The molecule has 1 saturated heterocycles. The quantitative estimate of drug-likeness (QED) is 0.375. The number of rotatable bonds is 13. The van der Waals surface area contributed by atoms with Crippen molar-refractivity contribution in [2.45, 2.75) is 75.4 Å². The van der Waals surface area contributed by atoms with Crippen molar-refractivity contribution < 1.29 is 32.5 Å². The van der Waals surface area contributed by atoms with Gasteiger partial charge in [-0.15, -0.1) is 0 Å². The number of hydrogen-bond donors (Lipinski definition) is 2. The molecule has 0 aromatic heterocycles. The summed E-state index contributed by atoms with van der Waals surface area (Å²) in [7, 11) is -2.33. The summed E-state index contributed by atoms with van der Waals surface area (Å²) in [5.74, 6) is 0.436. The Balaban J connectivity index is 1.49. The molecule has 1 amide bonds. The van der Waals surface area contributed by atoms with Gasteiger partial charge in [0.25, 0.3) is 0 Å². The SMILES string of the molecule is COCc1ccc(S(=O)(=O)N(CC(C)C)C[C@@H](O)[C@H](Cc2ccccc2)NC(=O)OC2CC3CCO[C@@H]3C2)cc1. The van der Waals surface area contributed by atoms with Crippen LogP contribution < -0.4 is 5.32 Å². The fraction of sp³-hybridized carbons (Fsp3) is 0.567. The number of nitrogens with zero attached hydrogens (tertiary/aromatic N) is 1. The standard InChI is InChI=1S/C30H42N2O7S/c1-21(2)18-32(40(35,36)26-11-9-23(10-12-26)20-37-3)19-28(33)27(15-22-7-5-4-6-8-22)31-30(34)39-25-16-24-13-14-38-29(24)17-25/h4-12,21,24-25,27-29,33H,13-20H2,1-3H3,(H,31,34)/t24?,25?,27-,28+,29+/m0/s1. The number of fused-ring (bicyclic) bond motifs is 1. The molecular formula is C30H42N2O7S. The lowest BCUT2D eigenvalue weighted by Gasteiger charge is -2.31. The van der Waals surface area contributed by atoms with Crippen LogP contribution in [0.3, 0.4) is 0 Å². The minimum atomic E-state index is -3.91. The minimum absolute atomic E-state index is 0.0178. The van der Waals surface area contributed by atoms with Crippen LogP contribution in [0.1, 0.15) is 44.2 Å². The average Bonchev–Trinajstić information content (AvgIpc) is 3.51. The van der Waals surface area contributed by atoms with Crippen LogP contribution in [0.25, 0.3) is 0 Å². The Labute approximate surface area is 237 Å². The van der Waals surface area contributed by atoms with Crippen LogP contribution in [0.5, 0.6) is 0 Å². The van der Waals surface area contributed by atoms with E-state index in [0.717, 1.165) is 30.6 Å². The highest BCUT2D eigenvalue weighted by Crippen LogP contribution is 2.37. The molecule has 1 aliphatic carbocycles. The second kappa shape index (κ2) is 13.9. The molecule has 2 N–H and O–H groups in total. The molecule has 220 valence electrons. The number of aliphatic hydroxyl groups is 1. The maximum absolute atomic E-state index is 13.7. The number of amides is 1. The van der Waals surface area contributed by atoms with E-state index in [1.54, 1.807) is 31.4 Å². The van der Waals surface area contributed by atoms with E-state index in [0.29, 0.717) is 25.4 Å². The molecule has 4 rings (SSSR count).